The zero-order chi connectivity index (χ0) is 13.4. The van der Waals surface area contributed by atoms with Crippen molar-refractivity contribution in [1.82, 2.24) is 0 Å². The van der Waals surface area contributed by atoms with Gasteiger partial charge in [-0.15, -0.1) is 0 Å². The van der Waals surface area contributed by atoms with Crippen molar-refractivity contribution in [1.29, 1.82) is 0 Å². The highest BCUT2D eigenvalue weighted by Crippen LogP contribution is 2.28. The van der Waals surface area contributed by atoms with E-state index in [2.05, 4.69) is 0 Å². The Balaban J connectivity index is 2.03. The molecule has 3 nitrogen and oxygen atoms in total. The average Bonchev–Trinajstić information content (AvgIpc) is 2.40. The Labute approximate surface area is 112 Å². The van der Waals surface area contributed by atoms with Gasteiger partial charge in [0.25, 0.3) is 5.91 Å². The van der Waals surface area contributed by atoms with Crippen LogP contribution in [0, 0.1) is 6.92 Å². The fourth-order valence-electron chi connectivity index (χ4n) is 2.57. The average molecular weight is 253 g/mol. The highest BCUT2D eigenvalue weighted by atomic mass is 16.3. The van der Waals surface area contributed by atoms with Gasteiger partial charge in [-0.05, 0) is 48.7 Å². The first-order valence-corrected chi connectivity index (χ1v) is 6.36. The minimum absolute atomic E-state index is 0.00977. The van der Waals surface area contributed by atoms with Gasteiger partial charge >= 0.3 is 0 Å². The lowest BCUT2D eigenvalue weighted by Crippen LogP contribution is -2.38. The van der Waals surface area contributed by atoms with E-state index in [1.165, 1.54) is 0 Å². The summed E-state index contributed by atoms with van der Waals surface area (Å²) in [6.45, 7) is 2.66. The summed E-state index contributed by atoms with van der Waals surface area (Å²) in [6.07, 6.45) is 0.768. The minimum atomic E-state index is 0.00977. The maximum atomic E-state index is 12.5. The zero-order valence-corrected chi connectivity index (χ0v) is 10.8. The molecule has 0 spiro atoms. The number of nitrogens with zero attached hydrogens (tertiary/aromatic N) is 1. The number of phenolic OH excluding ortho intramolecular Hbond substituents is 1. The van der Waals surface area contributed by atoms with E-state index in [1.54, 1.807) is 18.2 Å². The predicted octanol–water partition coefficient (Wildman–Crippen LogP) is 2.90. The highest BCUT2D eigenvalue weighted by molar-refractivity contribution is 6.08. The van der Waals surface area contributed by atoms with E-state index in [1.807, 2.05) is 36.1 Å². The van der Waals surface area contributed by atoms with Crippen LogP contribution in [0.3, 0.4) is 0 Å². The summed E-state index contributed by atoms with van der Waals surface area (Å²) in [5.41, 5.74) is 3.67. The number of aryl methyl sites for hydroxylation is 1. The van der Waals surface area contributed by atoms with Gasteiger partial charge in [0, 0.05) is 17.8 Å². The molecule has 3 heteroatoms. The lowest BCUT2D eigenvalue weighted by Gasteiger charge is -2.29. The molecule has 96 valence electrons. The minimum Gasteiger partial charge on any atom is -0.508 e. The maximum Gasteiger partial charge on any atom is 0.258 e. The smallest absolute Gasteiger partial charge is 0.258 e. The van der Waals surface area contributed by atoms with Crippen LogP contribution in [-0.4, -0.2) is 17.6 Å². The van der Waals surface area contributed by atoms with Crippen molar-refractivity contribution in [2.24, 2.45) is 0 Å². The van der Waals surface area contributed by atoms with Crippen molar-refractivity contribution in [2.45, 2.75) is 13.3 Å². The Morgan fingerprint density at radius 2 is 1.95 bits per heavy atom. The van der Waals surface area contributed by atoms with E-state index in [9.17, 15) is 9.90 Å². The number of amides is 1. The van der Waals surface area contributed by atoms with Crippen LogP contribution in [0.1, 0.15) is 21.5 Å². The fourth-order valence-corrected chi connectivity index (χ4v) is 2.57. The normalized spacial score (nSPS) is 14.4. The van der Waals surface area contributed by atoms with Gasteiger partial charge in [0.2, 0.25) is 0 Å². The number of hydrogen-bond donors (Lipinski definition) is 1. The van der Waals surface area contributed by atoms with Crippen LogP contribution in [0.4, 0.5) is 5.69 Å². The number of fused-ring (bicyclic) bond motifs is 1. The molecule has 0 aliphatic carbocycles. The molecule has 0 saturated carbocycles. The van der Waals surface area contributed by atoms with Crippen molar-refractivity contribution in [3.63, 3.8) is 0 Å². The first-order valence-electron chi connectivity index (χ1n) is 6.36. The molecule has 1 amide bonds. The molecule has 0 aromatic heterocycles. The number of rotatable bonds is 1. The van der Waals surface area contributed by atoms with E-state index in [0.717, 1.165) is 23.2 Å². The Kier molecular flexibility index (Phi) is 2.75. The van der Waals surface area contributed by atoms with Crippen LogP contribution < -0.4 is 4.90 Å². The largest absolute Gasteiger partial charge is 0.508 e. The molecule has 3 rings (SSSR count). The van der Waals surface area contributed by atoms with E-state index in [-0.39, 0.29) is 11.7 Å². The first kappa shape index (κ1) is 11.8. The molecule has 0 fully saturated rings. The van der Waals surface area contributed by atoms with Gasteiger partial charge in [0.1, 0.15) is 5.75 Å². The molecule has 1 aliphatic rings. The molecular weight excluding hydrogens is 238 g/mol. The van der Waals surface area contributed by atoms with Crippen molar-refractivity contribution in [3.05, 3.63) is 59.2 Å². The number of para-hydroxylation sites is 1. The monoisotopic (exact) mass is 253 g/mol. The van der Waals surface area contributed by atoms with Crippen LogP contribution in [0.25, 0.3) is 0 Å². The third kappa shape index (κ3) is 1.97. The molecule has 0 unspecified atom stereocenters. The fraction of sp³-hybridized carbons (Fsp3) is 0.188. The summed E-state index contributed by atoms with van der Waals surface area (Å²) in [5, 5.41) is 9.48. The standard InChI is InChI=1S/C16H15NO2/c1-11-4-2-3-5-15(11)17-9-8-12-10-13(18)6-7-14(12)16(17)19/h2-7,10,18H,8-9H2,1H3. The van der Waals surface area contributed by atoms with Gasteiger partial charge in [-0.25, -0.2) is 0 Å². The maximum absolute atomic E-state index is 12.5. The van der Waals surface area contributed by atoms with Crippen LogP contribution in [0.15, 0.2) is 42.5 Å². The SMILES string of the molecule is Cc1ccccc1N1CCc2cc(O)ccc2C1=O. The second kappa shape index (κ2) is 4.43. The van der Waals surface area contributed by atoms with Crippen LogP contribution in [-0.2, 0) is 6.42 Å². The van der Waals surface area contributed by atoms with E-state index in [4.69, 9.17) is 0 Å². The zero-order valence-electron chi connectivity index (χ0n) is 10.8. The summed E-state index contributed by atoms with van der Waals surface area (Å²) < 4.78 is 0. The number of hydrogen-bond acceptors (Lipinski definition) is 2. The molecule has 1 N–H and O–H groups in total. The first-order chi connectivity index (χ1) is 9.16. The Bertz CT molecular complexity index is 649. The van der Waals surface area contributed by atoms with Crippen LogP contribution in [0.2, 0.25) is 0 Å². The lowest BCUT2D eigenvalue weighted by molar-refractivity contribution is 0.0980. The predicted molar refractivity (Wildman–Crippen MR) is 74.7 cm³/mol. The molecule has 0 atom stereocenters. The molecule has 19 heavy (non-hydrogen) atoms. The molecule has 0 bridgehead atoms. The third-order valence-corrected chi connectivity index (χ3v) is 3.58. The highest BCUT2D eigenvalue weighted by Gasteiger charge is 2.26. The molecule has 1 aliphatic heterocycles. The number of benzene rings is 2. The second-order valence-electron chi connectivity index (χ2n) is 4.83. The quantitative estimate of drug-likeness (QED) is 0.849. The summed E-state index contributed by atoms with van der Waals surface area (Å²) in [4.78, 5) is 14.3. The number of carbonyl (C=O) groups is 1. The van der Waals surface area contributed by atoms with Gasteiger partial charge in [0.05, 0.1) is 0 Å². The van der Waals surface area contributed by atoms with Crippen LogP contribution >= 0.6 is 0 Å². The molecule has 2 aromatic rings. The van der Waals surface area contributed by atoms with Gasteiger partial charge in [-0.2, -0.15) is 0 Å². The molecule has 2 aromatic carbocycles. The Morgan fingerprint density at radius 3 is 2.74 bits per heavy atom. The number of phenols is 1. The van der Waals surface area contributed by atoms with Gasteiger partial charge < -0.3 is 10.0 Å². The van der Waals surface area contributed by atoms with Gasteiger partial charge in [-0.3, -0.25) is 4.79 Å². The lowest BCUT2D eigenvalue weighted by atomic mass is 9.97. The number of carbonyl (C=O) groups excluding carboxylic acids is 1. The van der Waals surface area contributed by atoms with Gasteiger partial charge in [0.15, 0.2) is 0 Å². The van der Waals surface area contributed by atoms with E-state index < -0.39 is 0 Å². The summed E-state index contributed by atoms with van der Waals surface area (Å²) in [5.74, 6) is 0.228. The summed E-state index contributed by atoms with van der Waals surface area (Å²) in [6, 6.07) is 12.9. The van der Waals surface area contributed by atoms with Crippen molar-refractivity contribution >= 4 is 11.6 Å². The van der Waals surface area contributed by atoms with E-state index in [0.29, 0.717) is 12.1 Å². The van der Waals surface area contributed by atoms with Crippen molar-refractivity contribution < 1.29 is 9.90 Å². The van der Waals surface area contributed by atoms with Crippen molar-refractivity contribution in [3.8, 4) is 5.75 Å². The second-order valence-corrected chi connectivity index (χ2v) is 4.83. The van der Waals surface area contributed by atoms with Gasteiger partial charge in [-0.1, -0.05) is 18.2 Å². The molecular formula is C16H15NO2. The Hall–Kier alpha value is -2.29. The summed E-state index contributed by atoms with van der Waals surface area (Å²) in [7, 11) is 0. The number of aromatic hydroxyl groups is 1. The third-order valence-electron chi connectivity index (χ3n) is 3.58. The molecule has 0 radical (unpaired) electrons. The Morgan fingerprint density at radius 1 is 1.16 bits per heavy atom. The van der Waals surface area contributed by atoms with E-state index >= 15 is 0 Å². The summed E-state index contributed by atoms with van der Waals surface area (Å²) >= 11 is 0. The van der Waals surface area contributed by atoms with Crippen molar-refractivity contribution in [2.75, 3.05) is 11.4 Å². The molecule has 0 saturated heterocycles. The topological polar surface area (TPSA) is 40.5 Å². The van der Waals surface area contributed by atoms with Crippen LogP contribution in [0.5, 0.6) is 5.75 Å². The number of anilines is 1. The molecule has 1 heterocycles.